The molecule has 100 valence electrons. The Bertz CT molecular complexity index is 364. The number of para-hydroxylation sites is 1. The third kappa shape index (κ3) is 3.49. The third-order valence-electron chi connectivity index (χ3n) is 4.10. The first-order valence-corrected chi connectivity index (χ1v) is 7.16. The largest absolute Gasteiger partial charge is 0.496 e. The smallest absolute Gasteiger partial charge is 0.122 e. The van der Waals surface area contributed by atoms with Crippen LogP contribution in [0.2, 0.25) is 0 Å². The first-order chi connectivity index (χ1) is 8.81. The van der Waals surface area contributed by atoms with Gasteiger partial charge in [0.15, 0.2) is 0 Å². The van der Waals surface area contributed by atoms with Gasteiger partial charge in [-0.2, -0.15) is 0 Å². The molecule has 0 heterocycles. The van der Waals surface area contributed by atoms with Crippen LogP contribution in [-0.4, -0.2) is 19.7 Å². The minimum atomic E-state index is 0.716. The van der Waals surface area contributed by atoms with Gasteiger partial charge in [-0.1, -0.05) is 38.0 Å². The van der Waals surface area contributed by atoms with E-state index in [4.69, 9.17) is 4.74 Å². The van der Waals surface area contributed by atoms with Crippen LogP contribution in [0.1, 0.15) is 38.2 Å². The van der Waals surface area contributed by atoms with Gasteiger partial charge in [-0.15, -0.1) is 0 Å². The molecule has 2 unspecified atom stereocenters. The lowest BCUT2D eigenvalue weighted by molar-refractivity contribution is 0.282. The van der Waals surface area contributed by atoms with Gasteiger partial charge in [0.1, 0.15) is 5.75 Å². The highest BCUT2D eigenvalue weighted by Gasteiger charge is 2.20. The molecule has 0 spiro atoms. The van der Waals surface area contributed by atoms with Gasteiger partial charge in [0, 0.05) is 6.04 Å². The fraction of sp³-hybridized carbons (Fsp3) is 0.625. The number of nitrogens with one attached hydrogen (secondary N) is 1. The Morgan fingerprint density at radius 2 is 2.00 bits per heavy atom. The molecule has 2 nitrogen and oxygen atoms in total. The fourth-order valence-electron chi connectivity index (χ4n) is 2.92. The second kappa shape index (κ2) is 6.79. The van der Waals surface area contributed by atoms with Crippen LogP contribution in [0.5, 0.6) is 5.75 Å². The van der Waals surface area contributed by atoms with E-state index in [1.165, 1.54) is 31.2 Å². The topological polar surface area (TPSA) is 21.3 Å². The summed E-state index contributed by atoms with van der Waals surface area (Å²) in [5, 5.41) is 3.72. The zero-order valence-corrected chi connectivity index (χ0v) is 11.6. The molecule has 0 radical (unpaired) electrons. The Kier molecular flexibility index (Phi) is 5.06. The maximum atomic E-state index is 5.38. The van der Waals surface area contributed by atoms with Crippen molar-refractivity contribution in [2.24, 2.45) is 5.92 Å². The maximum Gasteiger partial charge on any atom is 0.122 e. The zero-order valence-electron chi connectivity index (χ0n) is 11.6. The van der Waals surface area contributed by atoms with E-state index in [9.17, 15) is 0 Å². The van der Waals surface area contributed by atoms with Gasteiger partial charge in [0.2, 0.25) is 0 Å². The van der Waals surface area contributed by atoms with Crippen molar-refractivity contribution in [2.45, 2.75) is 45.1 Å². The average molecular weight is 247 g/mol. The highest BCUT2D eigenvalue weighted by atomic mass is 16.5. The SMILES string of the molecule is COc1ccccc1CCNC1CCCCC1C. The predicted molar refractivity (Wildman–Crippen MR) is 76.1 cm³/mol. The summed E-state index contributed by atoms with van der Waals surface area (Å²) < 4.78 is 5.38. The summed E-state index contributed by atoms with van der Waals surface area (Å²) in [6.07, 6.45) is 6.56. The van der Waals surface area contributed by atoms with Crippen molar-refractivity contribution < 1.29 is 4.74 Å². The second-order valence-corrected chi connectivity index (χ2v) is 5.38. The number of ether oxygens (including phenoxy) is 1. The zero-order chi connectivity index (χ0) is 12.8. The van der Waals surface area contributed by atoms with Crippen molar-refractivity contribution in [3.63, 3.8) is 0 Å². The molecule has 1 saturated carbocycles. The summed E-state index contributed by atoms with van der Waals surface area (Å²) in [5.41, 5.74) is 1.30. The van der Waals surface area contributed by atoms with Crippen molar-refractivity contribution in [3.8, 4) is 5.75 Å². The molecule has 1 fully saturated rings. The average Bonchev–Trinajstić information content (AvgIpc) is 2.41. The molecule has 1 N–H and O–H groups in total. The molecule has 0 saturated heterocycles. The molecule has 1 aliphatic carbocycles. The van der Waals surface area contributed by atoms with Crippen LogP contribution in [0.15, 0.2) is 24.3 Å². The Morgan fingerprint density at radius 1 is 1.22 bits per heavy atom. The van der Waals surface area contributed by atoms with Crippen LogP contribution < -0.4 is 10.1 Å². The Hall–Kier alpha value is -1.02. The molecule has 2 atom stereocenters. The van der Waals surface area contributed by atoms with E-state index >= 15 is 0 Å². The van der Waals surface area contributed by atoms with Gasteiger partial charge in [0.25, 0.3) is 0 Å². The van der Waals surface area contributed by atoms with Crippen molar-refractivity contribution in [3.05, 3.63) is 29.8 Å². The van der Waals surface area contributed by atoms with Crippen LogP contribution >= 0.6 is 0 Å². The first-order valence-electron chi connectivity index (χ1n) is 7.16. The Balaban J connectivity index is 1.80. The van der Waals surface area contributed by atoms with Gasteiger partial charge in [0.05, 0.1) is 7.11 Å². The van der Waals surface area contributed by atoms with Crippen LogP contribution in [0.4, 0.5) is 0 Å². The van der Waals surface area contributed by atoms with Crippen LogP contribution in [0, 0.1) is 5.92 Å². The Morgan fingerprint density at radius 3 is 2.78 bits per heavy atom. The van der Waals surface area contributed by atoms with Crippen molar-refractivity contribution in [1.29, 1.82) is 0 Å². The highest BCUT2D eigenvalue weighted by Crippen LogP contribution is 2.24. The molecule has 18 heavy (non-hydrogen) atoms. The number of hydrogen-bond acceptors (Lipinski definition) is 2. The minimum absolute atomic E-state index is 0.716. The maximum absolute atomic E-state index is 5.38. The third-order valence-corrected chi connectivity index (χ3v) is 4.10. The van der Waals surface area contributed by atoms with E-state index in [0.29, 0.717) is 6.04 Å². The monoisotopic (exact) mass is 247 g/mol. The molecule has 2 heteroatoms. The molecular weight excluding hydrogens is 222 g/mol. The second-order valence-electron chi connectivity index (χ2n) is 5.38. The summed E-state index contributed by atoms with van der Waals surface area (Å²) in [6, 6.07) is 9.03. The van der Waals surface area contributed by atoms with Crippen LogP contribution in [0.25, 0.3) is 0 Å². The number of methoxy groups -OCH3 is 1. The quantitative estimate of drug-likeness (QED) is 0.861. The molecule has 2 rings (SSSR count). The molecule has 0 aliphatic heterocycles. The molecule has 0 aromatic heterocycles. The first kappa shape index (κ1) is 13.4. The molecule has 1 aliphatic rings. The van der Waals surface area contributed by atoms with Crippen molar-refractivity contribution in [2.75, 3.05) is 13.7 Å². The van der Waals surface area contributed by atoms with E-state index < -0.39 is 0 Å². The molecule has 0 amide bonds. The summed E-state index contributed by atoms with van der Waals surface area (Å²) in [4.78, 5) is 0. The summed E-state index contributed by atoms with van der Waals surface area (Å²) in [6.45, 7) is 3.43. The molecular formula is C16H25NO. The molecule has 1 aromatic rings. The minimum Gasteiger partial charge on any atom is -0.496 e. The molecule has 1 aromatic carbocycles. The lowest BCUT2D eigenvalue weighted by Gasteiger charge is -2.29. The normalized spacial score (nSPS) is 23.9. The summed E-state index contributed by atoms with van der Waals surface area (Å²) in [5.74, 6) is 1.84. The van der Waals surface area contributed by atoms with E-state index in [0.717, 1.165) is 24.6 Å². The van der Waals surface area contributed by atoms with E-state index in [2.05, 4.69) is 24.4 Å². The van der Waals surface area contributed by atoms with Crippen LogP contribution in [-0.2, 0) is 6.42 Å². The van der Waals surface area contributed by atoms with E-state index in [-0.39, 0.29) is 0 Å². The lowest BCUT2D eigenvalue weighted by atomic mass is 9.86. The fourth-order valence-corrected chi connectivity index (χ4v) is 2.92. The van der Waals surface area contributed by atoms with Gasteiger partial charge in [-0.05, 0) is 43.4 Å². The summed E-state index contributed by atoms with van der Waals surface area (Å²) >= 11 is 0. The van der Waals surface area contributed by atoms with Gasteiger partial charge in [-0.3, -0.25) is 0 Å². The van der Waals surface area contributed by atoms with E-state index in [1.807, 2.05) is 12.1 Å². The van der Waals surface area contributed by atoms with Gasteiger partial charge < -0.3 is 10.1 Å². The standard InChI is InChI=1S/C16H25NO/c1-13-7-3-5-9-15(13)17-12-11-14-8-4-6-10-16(14)18-2/h4,6,8,10,13,15,17H,3,5,7,9,11-12H2,1-2H3. The number of rotatable bonds is 5. The van der Waals surface area contributed by atoms with Crippen LogP contribution in [0.3, 0.4) is 0 Å². The van der Waals surface area contributed by atoms with E-state index in [1.54, 1.807) is 7.11 Å². The van der Waals surface area contributed by atoms with Gasteiger partial charge >= 0.3 is 0 Å². The predicted octanol–water partition coefficient (Wildman–Crippen LogP) is 3.41. The van der Waals surface area contributed by atoms with Gasteiger partial charge in [-0.25, -0.2) is 0 Å². The molecule has 0 bridgehead atoms. The highest BCUT2D eigenvalue weighted by molar-refractivity contribution is 5.33. The number of hydrogen-bond donors (Lipinski definition) is 1. The Labute approximate surface area is 111 Å². The number of benzene rings is 1. The lowest BCUT2D eigenvalue weighted by Crippen LogP contribution is -2.38. The van der Waals surface area contributed by atoms with Crippen molar-refractivity contribution in [1.82, 2.24) is 5.32 Å². The summed E-state index contributed by atoms with van der Waals surface area (Å²) in [7, 11) is 1.75. The van der Waals surface area contributed by atoms with Crippen molar-refractivity contribution >= 4 is 0 Å².